The number of anilines is 2. The second kappa shape index (κ2) is 8.12. The minimum atomic E-state index is -1.78. The predicted octanol–water partition coefficient (Wildman–Crippen LogP) is 2.91. The third-order valence-corrected chi connectivity index (χ3v) is 4.41. The number of rotatable bonds is 6. The maximum atomic E-state index is 12.3. The number of carbonyl (C=O) groups is 3. The number of esters is 1. The molecular weight excluding hydrogens is 360 g/mol. The third-order valence-electron chi connectivity index (χ3n) is 4.41. The van der Waals surface area contributed by atoms with Crippen LogP contribution in [-0.2, 0) is 25.5 Å². The molecule has 146 valence electrons. The van der Waals surface area contributed by atoms with Gasteiger partial charge in [-0.1, -0.05) is 30.3 Å². The van der Waals surface area contributed by atoms with Crippen molar-refractivity contribution >= 4 is 29.2 Å². The zero-order chi connectivity index (χ0) is 20.1. The molecule has 28 heavy (non-hydrogen) atoms. The second-order valence-electron chi connectivity index (χ2n) is 6.55. The molecule has 0 unspecified atom stereocenters. The lowest BCUT2D eigenvalue weighted by Gasteiger charge is -2.32. The summed E-state index contributed by atoms with van der Waals surface area (Å²) in [6.07, 6.45) is 0.963. The molecule has 2 aromatic carbocycles. The number of hydrogen-bond donors (Lipinski definition) is 2. The second-order valence-corrected chi connectivity index (χ2v) is 6.55. The molecule has 3 rings (SSSR count). The first-order valence-electron chi connectivity index (χ1n) is 9.08. The number of aryl methyl sites for hydroxylation is 1. The van der Waals surface area contributed by atoms with E-state index in [-0.39, 0.29) is 18.3 Å². The highest BCUT2D eigenvalue weighted by Gasteiger charge is 2.48. The normalized spacial score (nSPS) is 17.7. The number of nitrogens with one attached hydrogen (secondary N) is 2. The van der Waals surface area contributed by atoms with Crippen molar-refractivity contribution < 1.29 is 23.9 Å². The van der Waals surface area contributed by atoms with Crippen molar-refractivity contribution in [3.63, 3.8) is 0 Å². The van der Waals surface area contributed by atoms with Crippen LogP contribution in [0, 0.1) is 0 Å². The van der Waals surface area contributed by atoms with Gasteiger partial charge in [0.1, 0.15) is 5.75 Å². The highest BCUT2D eigenvalue weighted by atomic mass is 16.6. The van der Waals surface area contributed by atoms with E-state index < -0.39 is 17.5 Å². The average Bonchev–Trinajstić information content (AvgIpc) is 2.68. The fraction of sp³-hybridized carbons (Fsp3) is 0.286. The number of benzene rings is 2. The smallest absolute Gasteiger partial charge is 0.360 e. The summed E-state index contributed by atoms with van der Waals surface area (Å²) in [4.78, 5) is 36.6. The first-order chi connectivity index (χ1) is 13.4. The van der Waals surface area contributed by atoms with Crippen LogP contribution in [0.2, 0.25) is 0 Å². The molecule has 0 aliphatic carbocycles. The van der Waals surface area contributed by atoms with Crippen LogP contribution in [-0.4, -0.2) is 30.0 Å². The van der Waals surface area contributed by atoms with Crippen LogP contribution >= 0.6 is 0 Å². The van der Waals surface area contributed by atoms with Crippen molar-refractivity contribution in [2.45, 2.75) is 32.3 Å². The fourth-order valence-corrected chi connectivity index (χ4v) is 2.82. The van der Waals surface area contributed by atoms with Crippen molar-refractivity contribution in [3.8, 4) is 5.75 Å². The number of ether oxygens (including phenoxy) is 2. The van der Waals surface area contributed by atoms with Gasteiger partial charge in [0.25, 0.3) is 11.5 Å². The quantitative estimate of drug-likeness (QED) is 0.592. The fourth-order valence-electron chi connectivity index (χ4n) is 2.82. The standard InChI is InChI=1S/C21H22N2O5/c1-3-27-20(26)21(2)19(25)23-16-11-10-15(13-17(16)28-21)22-18(24)12-9-14-7-5-4-6-8-14/h4-8,10-11,13H,3,9,12H2,1-2H3,(H,22,24)(H,23,25)/t21-/m0/s1. The Morgan fingerprint density at radius 3 is 2.64 bits per heavy atom. The van der Waals surface area contributed by atoms with Gasteiger partial charge in [-0.05, 0) is 38.0 Å². The van der Waals surface area contributed by atoms with Crippen LogP contribution in [0.3, 0.4) is 0 Å². The molecule has 2 aromatic rings. The lowest BCUT2D eigenvalue weighted by Crippen LogP contribution is -2.55. The summed E-state index contributed by atoms with van der Waals surface area (Å²) in [7, 11) is 0. The van der Waals surface area contributed by atoms with Gasteiger partial charge in [0, 0.05) is 18.2 Å². The van der Waals surface area contributed by atoms with Gasteiger partial charge in [-0.2, -0.15) is 0 Å². The van der Waals surface area contributed by atoms with Crippen LogP contribution in [0.5, 0.6) is 5.75 Å². The van der Waals surface area contributed by atoms with E-state index in [4.69, 9.17) is 9.47 Å². The monoisotopic (exact) mass is 382 g/mol. The van der Waals surface area contributed by atoms with Crippen LogP contribution < -0.4 is 15.4 Å². The molecule has 7 heteroatoms. The maximum Gasteiger partial charge on any atom is 0.360 e. The predicted molar refractivity (Wildman–Crippen MR) is 104 cm³/mol. The van der Waals surface area contributed by atoms with E-state index in [9.17, 15) is 14.4 Å². The van der Waals surface area contributed by atoms with Gasteiger partial charge in [0.05, 0.1) is 12.3 Å². The summed E-state index contributed by atoms with van der Waals surface area (Å²) in [5, 5.41) is 5.45. The van der Waals surface area contributed by atoms with Gasteiger partial charge >= 0.3 is 5.97 Å². The van der Waals surface area contributed by atoms with E-state index in [1.807, 2.05) is 30.3 Å². The summed E-state index contributed by atoms with van der Waals surface area (Å²) < 4.78 is 10.6. The van der Waals surface area contributed by atoms with E-state index >= 15 is 0 Å². The molecule has 0 saturated carbocycles. The van der Waals surface area contributed by atoms with Crippen LogP contribution in [0.15, 0.2) is 48.5 Å². The lowest BCUT2D eigenvalue weighted by atomic mass is 10.0. The zero-order valence-corrected chi connectivity index (χ0v) is 15.8. The molecule has 2 N–H and O–H groups in total. The number of hydrogen-bond acceptors (Lipinski definition) is 5. The third kappa shape index (κ3) is 4.14. The Labute approximate surface area is 163 Å². The topological polar surface area (TPSA) is 93.7 Å². The van der Waals surface area contributed by atoms with E-state index in [1.165, 1.54) is 6.92 Å². The lowest BCUT2D eigenvalue weighted by molar-refractivity contribution is -0.165. The van der Waals surface area contributed by atoms with Crippen molar-refractivity contribution in [1.29, 1.82) is 0 Å². The van der Waals surface area contributed by atoms with Gasteiger partial charge in [-0.25, -0.2) is 4.79 Å². The summed E-state index contributed by atoms with van der Waals surface area (Å²) in [6, 6.07) is 14.6. The van der Waals surface area contributed by atoms with Gasteiger partial charge in [0.2, 0.25) is 5.91 Å². The molecule has 1 atom stereocenters. The number of fused-ring (bicyclic) bond motifs is 1. The Morgan fingerprint density at radius 2 is 1.93 bits per heavy atom. The van der Waals surface area contributed by atoms with E-state index in [1.54, 1.807) is 25.1 Å². The first-order valence-corrected chi connectivity index (χ1v) is 9.08. The molecule has 0 fully saturated rings. The summed E-state index contributed by atoms with van der Waals surface area (Å²) >= 11 is 0. The Bertz CT molecular complexity index is 897. The average molecular weight is 382 g/mol. The van der Waals surface area contributed by atoms with Crippen LogP contribution in [0.25, 0.3) is 0 Å². The molecule has 1 aliphatic rings. The van der Waals surface area contributed by atoms with Gasteiger partial charge in [-0.3, -0.25) is 9.59 Å². The number of carbonyl (C=O) groups excluding carboxylic acids is 3. The first kappa shape index (κ1) is 19.4. The minimum absolute atomic E-state index is 0.134. The zero-order valence-electron chi connectivity index (χ0n) is 15.8. The summed E-state index contributed by atoms with van der Waals surface area (Å²) in [5.74, 6) is -1.22. The van der Waals surface area contributed by atoms with Gasteiger partial charge in [-0.15, -0.1) is 0 Å². The Morgan fingerprint density at radius 1 is 1.18 bits per heavy atom. The van der Waals surface area contributed by atoms with Crippen molar-refractivity contribution in [3.05, 3.63) is 54.1 Å². The molecule has 1 heterocycles. The van der Waals surface area contributed by atoms with Gasteiger partial charge < -0.3 is 20.1 Å². The molecular formula is C21H22N2O5. The maximum absolute atomic E-state index is 12.3. The van der Waals surface area contributed by atoms with E-state index in [0.717, 1.165) is 5.56 Å². The Kier molecular flexibility index (Phi) is 5.63. The van der Waals surface area contributed by atoms with Crippen LogP contribution in [0.1, 0.15) is 25.8 Å². The molecule has 0 spiro atoms. The Hall–Kier alpha value is -3.35. The summed E-state index contributed by atoms with van der Waals surface area (Å²) in [6.45, 7) is 3.14. The minimum Gasteiger partial charge on any atom is -0.464 e. The molecule has 0 saturated heterocycles. The number of amides is 2. The van der Waals surface area contributed by atoms with Crippen molar-refractivity contribution in [2.75, 3.05) is 17.2 Å². The molecule has 2 amide bonds. The SMILES string of the molecule is CCOC(=O)[C@@]1(C)Oc2cc(NC(=O)CCc3ccccc3)ccc2NC1=O. The molecule has 0 bridgehead atoms. The summed E-state index contributed by atoms with van der Waals surface area (Å²) in [5.41, 5.74) is 0.242. The van der Waals surface area contributed by atoms with Crippen molar-refractivity contribution in [1.82, 2.24) is 0 Å². The highest BCUT2D eigenvalue weighted by molar-refractivity contribution is 6.14. The molecule has 0 radical (unpaired) electrons. The van der Waals surface area contributed by atoms with E-state index in [2.05, 4.69) is 10.6 Å². The molecule has 7 nitrogen and oxygen atoms in total. The Balaban J connectivity index is 1.68. The van der Waals surface area contributed by atoms with Gasteiger partial charge in [0.15, 0.2) is 0 Å². The van der Waals surface area contributed by atoms with Crippen molar-refractivity contribution in [2.24, 2.45) is 0 Å². The highest BCUT2D eigenvalue weighted by Crippen LogP contribution is 2.36. The molecule has 0 aromatic heterocycles. The molecule has 1 aliphatic heterocycles. The van der Waals surface area contributed by atoms with E-state index in [0.29, 0.717) is 24.2 Å². The van der Waals surface area contributed by atoms with Crippen LogP contribution in [0.4, 0.5) is 11.4 Å². The largest absolute Gasteiger partial charge is 0.464 e.